The smallest absolute Gasteiger partial charge is 0.180 e. The molecule has 0 saturated carbocycles. The highest BCUT2D eigenvalue weighted by Gasteiger charge is 2.18. The van der Waals surface area contributed by atoms with Crippen molar-refractivity contribution in [1.29, 1.82) is 0 Å². The number of nitrogen functional groups attached to an aromatic ring is 1. The van der Waals surface area contributed by atoms with Crippen LogP contribution in [0.3, 0.4) is 0 Å². The fourth-order valence-electron chi connectivity index (χ4n) is 1.83. The highest BCUT2D eigenvalue weighted by molar-refractivity contribution is 7.15. The zero-order chi connectivity index (χ0) is 12.6. The fraction of sp³-hybridized carbons (Fsp3) is 0.250. The SMILES string of the molecule is Cc1nc(N)sc1C(C)c1ccc(Cl)cc1F. The molecule has 0 fully saturated rings. The van der Waals surface area contributed by atoms with Gasteiger partial charge in [-0.05, 0) is 24.6 Å². The zero-order valence-corrected chi connectivity index (χ0v) is 11.1. The lowest BCUT2D eigenvalue weighted by Crippen LogP contribution is -1.99. The highest BCUT2D eigenvalue weighted by Crippen LogP contribution is 2.34. The number of benzene rings is 1. The van der Waals surface area contributed by atoms with Gasteiger partial charge in [-0.1, -0.05) is 24.6 Å². The van der Waals surface area contributed by atoms with Crippen LogP contribution in [-0.4, -0.2) is 4.98 Å². The Hall–Kier alpha value is -1.13. The van der Waals surface area contributed by atoms with Gasteiger partial charge < -0.3 is 5.73 Å². The second-order valence-corrected chi connectivity index (χ2v) is 5.39. The number of rotatable bonds is 2. The Morgan fingerprint density at radius 2 is 2.18 bits per heavy atom. The summed E-state index contributed by atoms with van der Waals surface area (Å²) in [5, 5.41) is 0.915. The van der Waals surface area contributed by atoms with Crippen molar-refractivity contribution in [2.24, 2.45) is 0 Å². The molecule has 0 aliphatic rings. The Labute approximate surface area is 108 Å². The van der Waals surface area contributed by atoms with E-state index in [-0.39, 0.29) is 11.7 Å². The van der Waals surface area contributed by atoms with E-state index in [0.717, 1.165) is 10.6 Å². The van der Waals surface area contributed by atoms with Crippen molar-refractivity contribution in [2.75, 3.05) is 5.73 Å². The first-order valence-corrected chi connectivity index (χ1v) is 6.36. The van der Waals surface area contributed by atoms with E-state index in [9.17, 15) is 4.39 Å². The summed E-state index contributed by atoms with van der Waals surface area (Å²) in [5.74, 6) is -0.363. The molecule has 0 aliphatic heterocycles. The molecular formula is C12H12ClFN2S. The van der Waals surface area contributed by atoms with Crippen LogP contribution in [0.1, 0.15) is 29.0 Å². The predicted molar refractivity (Wildman–Crippen MR) is 70.2 cm³/mol. The molecule has 0 aliphatic carbocycles. The minimum absolute atomic E-state index is 0.0675. The maximum atomic E-state index is 13.8. The van der Waals surface area contributed by atoms with Crippen molar-refractivity contribution in [3.8, 4) is 0 Å². The number of thiazole rings is 1. The Kier molecular flexibility index (Phi) is 3.35. The van der Waals surface area contributed by atoms with E-state index in [0.29, 0.717) is 15.7 Å². The van der Waals surface area contributed by atoms with E-state index >= 15 is 0 Å². The molecule has 2 aromatic rings. The highest BCUT2D eigenvalue weighted by atomic mass is 35.5. The molecule has 1 unspecified atom stereocenters. The average Bonchev–Trinajstić information content (AvgIpc) is 2.57. The molecule has 0 saturated heterocycles. The Bertz CT molecular complexity index is 553. The third-order valence-electron chi connectivity index (χ3n) is 2.67. The van der Waals surface area contributed by atoms with Crippen molar-refractivity contribution in [3.63, 3.8) is 0 Å². The van der Waals surface area contributed by atoms with Gasteiger partial charge >= 0.3 is 0 Å². The summed E-state index contributed by atoms with van der Waals surface area (Å²) in [6.07, 6.45) is 0. The molecule has 0 bridgehead atoms. The van der Waals surface area contributed by atoms with Crippen molar-refractivity contribution < 1.29 is 4.39 Å². The van der Waals surface area contributed by atoms with Gasteiger partial charge in [0, 0.05) is 15.8 Å². The molecule has 0 amide bonds. The van der Waals surface area contributed by atoms with Crippen LogP contribution < -0.4 is 5.73 Å². The molecule has 0 spiro atoms. The molecule has 2 N–H and O–H groups in total. The summed E-state index contributed by atoms with van der Waals surface area (Å²) < 4.78 is 13.8. The molecule has 0 radical (unpaired) electrons. The van der Waals surface area contributed by atoms with E-state index in [4.69, 9.17) is 17.3 Å². The van der Waals surface area contributed by atoms with Gasteiger partial charge in [0.1, 0.15) is 5.82 Å². The second-order valence-electron chi connectivity index (χ2n) is 3.89. The molecule has 5 heteroatoms. The van der Waals surface area contributed by atoms with Crippen LogP contribution in [0.4, 0.5) is 9.52 Å². The van der Waals surface area contributed by atoms with Crippen LogP contribution in [0.25, 0.3) is 0 Å². The van der Waals surface area contributed by atoms with Crippen molar-refractivity contribution in [3.05, 3.63) is 45.2 Å². The molecule has 1 atom stereocenters. The van der Waals surface area contributed by atoms with Crippen LogP contribution in [0.15, 0.2) is 18.2 Å². The monoisotopic (exact) mass is 270 g/mol. The Balaban J connectivity index is 2.43. The number of halogens is 2. The zero-order valence-electron chi connectivity index (χ0n) is 9.50. The molecule has 2 nitrogen and oxygen atoms in total. The molecule has 17 heavy (non-hydrogen) atoms. The van der Waals surface area contributed by atoms with Gasteiger partial charge in [-0.15, -0.1) is 11.3 Å². The predicted octanol–water partition coefficient (Wildman–Crippen LogP) is 3.98. The molecule has 2 rings (SSSR count). The number of hydrogen-bond acceptors (Lipinski definition) is 3. The van der Waals surface area contributed by atoms with E-state index in [2.05, 4.69) is 4.98 Å². The van der Waals surface area contributed by atoms with Gasteiger partial charge in [-0.3, -0.25) is 0 Å². The normalized spacial score (nSPS) is 12.7. The molecule has 1 aromatic heterocycles. The van der Waals surface area contributed by atoms with E-state index < -0.39 is 0 Å². The molecular weight excluding hydrogens is 259 g/mol. The molecule has 1 heterocycles. The van der Waals surface area contributed by atoms with Crippen molar-refractivity contribution in [1.82, 2.24) is 4.98 Å². The summed E-state index contributed by atoms with van der Waals surface area (Å²) in [5.41, 5.74) is 7.12. The van der Waals surface area contributed by atoms with Crippen LogP contribution in [0, 0.1) is 12.7 Å². The van der Waals surface area contributed by atoms with E-state index in [1.165, 1.54) is 17.4 Å². The Morgan fingerprint density at radius 1 is 1.47 bits per heavy atom. The van der Waals surface area contributed by atoms with Crippen LogP contribution >= 0.6 is 22.9 Å². The minimum atomic E-state index is -0.295. The molecule has 1 aromatic carbocycles. The Morgan fingerprint density at radius 3 is 2.71 bits per heavy atom. The van der Waals surface area contributed by atoms with Crippen molar-refractivity contribution >= 4 is 28.1 Å². The maximum absolute atomic E-state index is 13.8. The average molecular weight is 271 g/mol. The number of nitrogens with zero attached hydrogens (tertiary/aromatic N) is 1. The summed E-state index contributed by atoms with van der Waals surface area (Å²) in [6.45, 7) is 3.82. The lowest BCUT2D eigenvalue weighted by molar-refractivity contribution is 0.604. The summed E-state index contributed by atoms with van der Waals surface area (Å²) >= 11 is 7.13. The summed E-state index contributed by atoms with van der Waals surface area (Å²) in [7, 11) is 0. The fourth-order valence-corrected chi connectivity index (χ4v) is 2.89. The van der Waals surface area contributed by atoms with Gasteiger partial charge in [0.05, 0.1) is 5.69 Å². The van der Waals surface area contributed by atoms with Crippen LogP contribution in [-0.2, 0) is 0 Å². The number of anilines is 1. The van der Waals surface area contributed by atoms with Crippen LogP contribution in [0.2, 0.25) is 5.02 Å². The largest absolute Gasteiger partial charge is 0.375 e. The number of aryl methyl sites for hydroxylation is 1. The lowest BCUT2D eigenvalue weighted by atomic mass is 9.98. The standard InChI is InChI=1S/C12H12ClFN2S/c1-6(11-7(2)16-12(15)17-11)9-4-3-8(13)5-10(9)14/h3-6H,1-2H3,(H2,15,16). The van der Waals surface area contributed by atoms with Gasteiger partial charge in [-0.2, -0.15) is 0 Å². The van der Waals surface area contributed by atoms with E-state index in [1.807, 2.05) is 13.8 Å². The summed E-state index contributed by atoms with van der Waals surface area (Å²) in [6, 6.07) is 4.72. The minimum Gasteiger partial charge on any atom is -0.375 e. The lowest BCUT2D eigenvalue weighted by Gasteiger charge is -2.11. The quantitative estimate of drug-likeness (QED) is 0.896. The number of aromatic nitrogens is 1. The van der Waals surface area contributed by atoms with E-state index in [1.54, 1.807) is 12.1 Å². The maximum Gasteiger partial charge on any atom is 0.180 e. The first-order valence-electron chi connectivity index (χ1n) is 5.16. The van der Waals surface area contributed by atoms with Gasteiger partial charge in [0.25, 0.3) is 0 Å². The van der Waals surface area contributed by atoms with Crippen LogP contribution in [0.5, 0.6) is 0 Å². The first kappa shape index (κ1) is 12.3. The van der Waals surface area contributed by atoms with Crippen molar-refractivity contribution in [2.45, 2.75) is 19.8 Å². The second kappa shape index (κ2) is 4.63. The number of hydrogen-bond donors (Lipinski definition) is 1. The number of nitrogens with two attached hydrogens (primary N) is 1. The van der Waals surface area contributed by atoms with Gasteiger partial charge in [-0.25, -0.2) is 9.37 Å². The molecule has 90 valence electrons. The first-order chi connectivity index (χ1) is 7.99. The topological polar surface area (TPSA) is 38.9 Å². The third-order valence-corrected chi connectivity index (χ3v) is 4.08. The van der Waals surface area contributed by atoms with Gasteiger partial charge in [0.2, 0.25) is 0 Å². The van der Waals surface area contributed by atoms with Gasteiger partial charge in [0.15, 0.2) is 5.13 Å². The third kappa shape index (κ3) is 2.42. The summed E-state index contributed by atoms with van der Waals surface area (Å²) in [4.78, 5) is 5.14.